The van der Waals surface area contributed by atoms with Crippen LogP contribution in [0.5, 0.6) is 0 Å². The molecule has 0 atom stereocenters. The molecule has 0 bridgehead atoms. The molecule has 0 saturated carbocycles. The Morgan fingerprint density at radius 3 is 2.53 bits per heavy atom. The van der Waals surface area contributed by atoms with Gasteiger partial charge < -0.3 is 4.90 Å². The second-order valence-corrected chi connectivity index (χ2v) is 11.5. The number of carbonyl (C=O) groups is 1. The fraction of sp³-hybridized carbons (Fsp3) is 0.435. The van der Waals surface area contributed by atoms with Crippen LogP contribution in [0.15, 0.2) is 23.1 Å². The molecule has 0 radical (unpaired) electrons. The Labute approximate surface area is 192 Å². The Morgan fingerprint density at radius 2 is 1.78 bits per heavy atom. The summed E-state index contributed by atoms with van der Waals surface area (Å²) in [6.45, 7) is 7.53. The molecule has 32 heavy (non-hydrogen) atoms. The molecule has 1 saturated heterocycles. The maximum absolute atomic E-state index is 13.6. The molecule has 2 aromatic heterocycles. The quantitative estimate of drug-likeness (QED) is 0.578. The molecule has 2 aliphatic heterocycles. The Hall–Kier alpha value is -2.36. The number of sulfonamides is 1. The predicted molar refractivity (Wildman–Crippen MR) is 126 cm³/mol. The molecular formula is C23H26N4O3S2. The van der Waals surface area contributed by atoms with Crippen molar-refractivity contribution in [2.24, 2.45) is 0 Å². The molecule has 0 N–H and O–H groups in total. The number of aryl methyl sites for hydroxylation is 4. The van der Waals surface area contributed by atoms with E-state index in [2.05, 4.69) is 9.97 Å². The Bertz CT molecular complexity index is 1340. The van der Waals surface area contributed by atoms with Crippen LogP contribution in [-0.4, -0.2) is 48.2 Å². The minimum Gasteiger partial charge on any atom is -0.307 e. The number of nitrogens with zero attached hydrogens (tertiary/aromatic N) is 4. The third-order valence-corrected chi connectivity index (χ3v) is 9.46. The second-order valence-electron chi connectivity index (χ2n) is 8.55. The summed E-state index contributed by atoms with van der Waals surface area (Å²) in [6.07, 6.45) is 3.38. The highest BCUT2D eigenvalue weighted by atomic mass is 32.2. The highest BCUT2D eigenvalue weighted by molar-refractivity contribution is 7.89. The molecule has 1 fully saturated rings. The number of fused-ring (bicyclic) bond motifs is 2. The summed E-state index contributed by atoms with van der Waals surface area (Å²) in [7, 11) is -3.48. The Morgan fingerprint density at radius 1 is 1.03 bits per heavy atom. The van der Waals surface area contributed by atoms with Crippen LogP contribution >= 0.6 is 11.3 Å². The third kappa shape index (κ3) is 3.43. The molecule has 3 aromatic rings. The van der Waals surface area contributed by atoms with Gasteiger partial charge in [0.25, 0.3) is 5.91 Å². The van der Waals surface area contributed by atoms with Gasteiger partial charge in [0, 0.05) is 36.4 Å². The molecule has 168 valence electrons. The molecule has 1 amide bonds. The van der Waals surface area contributed by atoms with E-state index in [-0.39, 0.29) is 5.91 Å². The predicted octanol–water partition coefficient (Wildman–Crippen LogP) is 3.99. The van der Waals surface area contributed by atoms with Gasteiger partial charge in [0.2, 0.25) is 10.0 Å². The van der Waals surface area contributed by atoms with E-state index in [1.54, 1.807) is 27.4 Å². The zero-order chi connectivity index (χ0) is 22.6. The van der Waals surface area contributed by atoms with Gasteiger partial charge in [-0.2, -0.15) is 4.31 Å². The summed E-state index contributed by atoms with van der Waals surface area (Å²) < 4.78 is 27.6. The number of rotatable bonds is 3. The fourth-order valence-corrected chi connectivity index (χ4v) is 7.62. The van der Waals surface area contributed by atoms with Gasteiger partial charge in [-0.05, 0) is 75.8 Å². The number of hydrogen-bond donors (Lipinski definition) is 0. The van der Waals surface area contributed by atoms with Crippen LogP contribution in [0.4, 0.5) is 5.69 Å². The van der Waals surface area contributed by atoms with Gasteiger partial charge in [0.15, 0.2) is 0 Å². The molecular weight excluding hydrogens is 444 g/mol. The van der Waals surface area contributed by atoms with E-state index < -0.39 is 10.0 Å². The number of aromatic nitrogens is 2. The van der Waals surface area contributed by atoms with Gasteiger partial charge in [0.05, 0.1) is 9.77 Å². The van der Waals surface area contributed by atoms with Crippen LogP contribution in [0, 0.1) is 20.8 Å². The van der Waals surface area contributed by atoms with Gasteiger partial charge in [-0.1, -0.05) is 0 Å². The normalized spacial score (nSPS) is 17.2. The smallest absolute Gasteiger partial charge is 0.268 e. The highest BCUT2D eigenvalue weighted by Gasteiger charge is 2.31. The van der Waals surface area contributed by atoms with Crippen LogP contribution in [0.2, 0.25) is 0 Å². The summed E-state index contributed by atoms with van der Waals surface area (Å²) in [4.78, 5) is 26.2. The standard InChI is InChI=1S/C23H26N4O3S2/c1-14-20-15(2)24-16(3)25-22(20)31-21(14)23(28)27-12-6-7-17-13-18(8-9-19(17)27)32(29,30)26-10-4-5-11-26/h8-9,13H,4-7,10-12H2,1-3H3. The minimum absolute atomic E-state index is 0.0568. The van der Waals surface area contributed by atoms with E-state index >= 15 is 0 Å². The molecule has 0 unspecified atom stereocenters. The van der Waals surface area contributed by atoms with Crippen molar-refractivity contribution < 1.29 is 13.2 Å². The van der Waals surface area contributed by atoms with Crippen LogP contribution < -0.4 is 4.90 Å². The van der Waals surface area contributed by atoms with Crippen molar-refractivity contribution in [1.82, 2.24) is 14.3 Å². The van der Waals surface area contributed by atoms with Crippen LogP contribution in [-0.2, 0) is 16.4 Å². The summed E-state index contributed by atoms with van der Waals surface area (Å²) in [5.74, 6) is 0.643. The lowest BCUT2D eigenvalue weighted by molar-refractivity contribution is 0.0988. The molecule has 0 aliphatic carbocycles. The molecule has 1 aromatic carbocycles. The summed E-state index contributed by atoms with van der Waals surface area (Å²) in [6, 6.07) is 5.21. The third-order valence-electron chi connectivity index (χ3n) is 6.39. The van der Waals surface area contributed by atoms with E-state index in [1.807, 2.05) is 20.8 Å². The summed E-state index contributed by atoms with van der Waals surface area (Å²) in [5.41, 5.74) is 3.51. The molecule has 2 aliphatic rings. The molecule has 9 heteroatoms. The van der Waals surface area contributed by atoms with Crippen molar-refractivity contribution in [2.75, 3.05) is 24.5 Å². The van der Waals surface area contributed by atoms with Crippen molar-refractivity contribution in [2.45, 2.75) is 51.3 Å². The van der Waals surface area contributed by atoms with E-state index in [0.29, 0.717) is 35.2 Å². The monoisotopic (exact) mass is 470 g/mol. The van der Waals surface area contributed by atoms with Crippen LogP contribution in [0.25, 0.3) is 10.2 Å². The van der Waals surface area contributed by atoms with Gasteiger partial charge in [0.1, 0.15) is 10.7 Å². The second kappa shape index (κ2) is 7.90. The van der Waals surface area contributed by atoms with Gasteiger partial charge >= 0.3 is 0 Å². The van der Waals surface area contributed by atoms with Crippen molar-refractivity contribution in [3.05, 3.63) is 45.7 Å². The largest absolute Gasteiger partial charge is 0.307 e. The first-order valence-electron chi connectivity index (χ1n) is 11.0. The van der Waals surface area contributed by atoms with E-state index in [4.69, 9.17) is 0 Å². The molecule has 5 rings (SSSR count). The average Bonchev–Trinajstić information content (AvgIpc) is 3.41. The number of carbonyl (C=O) groups excluding carboxylic acids is 1. The number of anilines is 1. The van der Waals surface area contributed by atoms with Crippen molar-refractivity contribution in [1.29, 1.82) is 0 Å². The molecule has 4 heterocycles. The SMILES string of the molecule is Cc1nc(C)c2c(C)c(C(=O)N3CCCc4cc(S(=O)(=O)N5CCCC5)ccc43)sc2n1. The van der Waals surface area contributed by atoms with Crippen molar-refractivity contribution >= 4 is 43.2 Å². The van der Waals surface area contributed by atoms with E-state index in [9.17, 15) is 13.2 Å². The van der Waals surface area contributed by atoms with Gasteiger partial charge in [-0.3, -0.25) is 4.79 Å². The zero-order valence-corrected chi connectivity index (χ0v) is 20.1. The number of thiophene rings is 1. The molecule has 0 spiro atoms. The number of benzene rings is 1. The number of amides is 1. The van der Waals surface area contributed by atoms with Crippen molar-refractivity contribution in [3.8, 4) is 0 Å². The fourth-order valence-electron chi connectivity index (χ4n) is 4.82. The Kier molecular flexibility index (Phi) is 5.30. The van der Waals surface area contributed by atoms with Crippen LogP contribution in [0.3, 0.4) is 0 Å². The zero-order valence-electron chi connectivity index (χ0n) is 18.5. The Balaban J connectivity index is 1.52. The maximum atomic E-state index is 13.6. The van der Waals surface area contributed by atoms with Gasteiger partial charge in [-0.25, -0.2) is 18.4 Å². The molecule has 7 nitrogen and oxygen atoms in total. The minimum atomic E-state index is -3.48. The topological polar surface area (TPSA) is 83.5 Å². The lowest BCUT2D eigenvalue weighted by Crippen LogP contribution is -2.35. The first-order chi connectivity index (χ1) is 15.3. The highest BCUT2D eigenvalue weighted by Crippen LogP contribution is 2.36. The first-order valence-corrected chi connectivity index (χ1v) is 13.2. The average molecular weight is 471 g/mol. The van der Waals surface area contributed by atoms with Crippen LogP contribution in [0.1, 0.15) is 51.6 Å². The maximum Gasteiger partial charge on any atom is 0.268 e. The van der Waals surface area contributed by atoms with E-state index in [1.165, 1.54) is 11.3 Å². The van der Waals surface area contributed by atoms with E-state index in [0.717, 1.165) is 58.4 Å². The summed E-state index contributed by atoms with van der Waals surface area (Å²) >= 11 is 1.41. The first kappa shape index (κ1) is 21.5. The lowest BCUT2D eigenvalue weighted by atomic mass is 10.0. The lowest BCUT2D eigenvalue weighted by Gasteiger charge is -2.30. The van der Waals surface area contributed by atoms with Gasteiger partial charge in [-0.15, -0.1) is 11.3 Å². The summed E-state index contributed by atoms with van der Waals surface area (Å²) in [5, 5.41) is 0.952. The number of hydrogen-bond acceptors (Lipinski definition) is 6. The van der Waals surface area contributed by atoms with Crippen molar-refractivity contribution in [3.63, 3.8) is 0 Å².